The molecule has 5 nitrogen and oxygen atoms in total. The number of halogens is 2. The number of hydrogen-bond acceptors (Lipinski definition) is 5. The Morgan fingerprint density at radius 2 is 2.16 bits per heavy atom. The van der Waals surface area contributed by atoms with Gasteiger partial charge in [-0.25, -0.2) is 15.0 Å². The largest absolute Gasteiger partial charge is 0.326 e. The van der Waals surface area contributed by atoms with E-state index < -0.39 is 0 Å². The number of benzene rings is 1. The van der Waals surface area contributed by atoms with E-state index >= 15 is 0 Å². The molecule has 0 unspecified atom stereocenters. The maximum absolute atomic E-state index is 6.14. The van der Waals surface area contributed by atoms with Gasteiger partial charge in [0.05, 0.1) is 12.8 Å². The van der Waals surface area contributed by atoms with Gasteiger partial charge in [0.2, 0.25) is 0 Å². The summed E-state index contributed by atoms with van der Waals surface area (Å²) in [7, 11) is 1.53. The van der Waals surface area contributed by atoms with Gasteiger partial charge in [0, 0.05) is 34.4 Å². The summed E-state index contributed by atoms with van der Waals surface area (Å²) in [5.74, 6) is 0.561. The Morgan fingerprint density at radius 1 is 1.37 bits per heavy atom. The molecule has 0 aliphatic rings. The van der Waals surface area contributed by atoms with Gasteiger partial charge in [-0.3, -0.25) is 4.84 Å². The first-order valence-corrected chi connectivity index (χ1v) is 6.21. The lowest BCUT2D eigenvalue weighted by molar-refractivity contribution is 0.198. The van der Waals surface area contributed by atoms with Gasteiger partial charge in [-0.15, -0.1) is 0 Å². The second-order valence-corrected chi connectivity index (χ2v) is 4.48. The van der Waals surface area contributed by atoms with Crippen molar-refractivity contribution < 1.29 is 4.84 Å². The monoisotopic (exact) mass is 298 g/mol. The van der Waals surface area contributed by atoms with E-state index in [0.717, 1.165) is 5.56 Å². The predicted octanol–water partition coefficient (Wildman–Crippen LogP) is 2.94. The molecule has 0 radical (unpaired) electrons. The molecule has 0 amide bonds. The van der Waals surface area contributed by atoms with Gasteiger partial charge in [0.15, 0.2) is 5.82 Å². The van der Waals surface area contributed by atoms with Crippen LogP contribution in [0.5, 0.6) is 0 Å². The molecule has 0 atom stereocenters. The summed E-state index contributed by atoms with van der Waals surface area (Å²) >= 11 is 12.2. The van der Waals surface area contributed by atoms with E-state index in [4.69, 9.17) is 33.8 Å². The van der Waals surface area contributed by atoms with Crippen LogP contribution in [-0.2, 0) is 11.4 Å². The van der Waals surface area contributed by atoms with E-state index in [1.165, 1.54) is 18.5 Å². The van der Waals surface area contributed by atoms with E-state index in [0.29, 0.717) is 21.6 Å². The topological polar surface area (TPSA) is 64.3 Å². The lowest BCUT2D eigenvalue weighted by Gasteiger charge is -2.23. The van der Waals surface area contributed by atoms with Crippen LogP contribution in [0.15, 0.2) is 30.7 Å². The van der Waals surface area contributed by atoms with Crippen LogP contribution in [0, 0.1) is 0 Å². The van der Waals surface area contributed by atoms with Crippen molar-refractivity contribution in [3.63, 3.8) is 0 Å². The van der Waals surface area contributed by atoms with Gasteiger partial charge >= 0.3 is 0 Å². The zero-order chi connectivity index (χ0) is 13.8. The van der Waals surface area contributed by atoms with E-state index in [-0.39, 0.29) is 6.54 Å². The summed E-state index contributed by atoms with van der Waals surface area (Å²) < 4.78 is 0. The molecule has 0 fully saturated rings. The molecular weight excluding hydrogens is 287 g/mol. The molecule has 0 saturated heterocycles. The third kappa shape index (κ3) is 2.96. The smallest absolute Gasteiger partial charge is 0.161 e. The van der Waals surface area contributed by atoms with Crippen LogP contribution in [0.2, 0.25) is 10.0 Å². The molecule has 1 aromatic carbocycles. The summed E-state index contributed by atoms with van der Waals surface area (Å²) in [5, 5.41) is 2.48. The minimum atomic E-state index is 0.260. The van der Waals surface area contributed by atoms with Crippen molar-refractivity contribution >= 4 is 34.7 Å². The number of nitrogens with zero attached hydrogens (tertiary/aromatic N) is 3. The van der Waals surface area contributed by atoms with Crippen molar-refractivity contribution in [2.24, 2.45) is 5.73 Å². The minimum absolute atomic E-state index is 0.260. The van der Waals surface area contributed by atoms with Crippen molar-refractivity contribution in [2.75, 3.05) is 12.2 Å². The average molecular weight is 299 g/mol. The van der Waals surface area contributed by atoms with Crippen molar-refractivity contribution in [2.45, 2.75) is 6.54 Å². The Hall–Kier alpha value is -1.40. The Morgan fingerprint density at radius 3 is 2.74 bits per heavy atom. The molecular formula is C12H12Cl2N4O. The van der Waals surface area contributed by atoms with Crippen molar-refractivity contribution in [1.29, 1.82) is 0 Å². The van der Waals surface area contributed by atoms with Gasteiger partial charge < -0.3 is 5.73 Å². The normalized spacial score (nSPS) is 10.5. The Kier molecular flexibility index (Phi) is 4.55. The molecule has 2 N–H and O–H groups in total. The highest BCUT2D eigenvalue weighted by Gasteiger charge is 2.17. The van der Waals surface area contributed by atoms with E-state index in [1.807, 2.05) is 0 Å². The number of anilines is 2. The van der Waals surface area contributed by atoms with Gasteiger partial charge in [-0.2, -0.15) is 0 Å². The average Bonchev–Trinajstić information content (AvgIpc) is 2.40. The lowest BCUT2D eigenvalue weighted by Crippen LogP contribution is -2.19. The molecule has 0 bridgehead atoms. The van der Waals surface area contributed by atoms with Crippen LogP contribution in [0.1, 0.15) is 5.56 Å². The molecule has 1 heterocycles. The van der Waals surface area contributed by atoms with E-state index in [9.17, 15) is 0 Å². The molecule has 19 heavy (non-hydrogen) atoms. The third-order valence-electron chi connectivity index (χ3n) is 2.52. The van der Waals surface area contributed by atoms with Gasteiger partial charge in [-0.1, -0.05) is 23.2 Å². The van der Waals surface area contributed by atoms with Crippen LogP contribution < -0.4 is 10.8 Å². The standard InChI is InChI=1S/C12H12Cl2N4O/c1-19-18(12-2-3-16-7-17-12)11-5-8(13)4-10(14)9(11)6-15/h2-5,7H,6,15H2,1H3. The fourth-order valence-corrected chi connectivity index (χ4v) is 2.25. The Labute approximate surface area is 120 Å². The van der Waals surface area contributed by atoms with Gasteiger partial charge in [-0.05, 0) is 12.1 Å². The lowest BCUT2D eigenvalue weighted by atomic mass is 10.1. The van der Waals surface area contributed by atoms with Crippen molar-refractivity contribution in [3.05, 3.63) is 46.3 Å². The number of nitrogens with two attached hydrogens (primary N) is 1. The summed E-state index contributed by atoms with van der Waals surface area (Å²) in [5.41, 5.74) is 7.11. The summed E-state index contributed by atoms with van der Waals surface area (Å²) in [4.78, 5) is 13.3. The molecule has 7 heteroatoms. The highest BCUT2D eigenvalue weighted by molar-refractivity contribution is 6.35. The zero-order valence-corrected chi connectivity index (χ0v) is 11.7. The molecule has 2 rings (SSSR count). The van der Waals surface area contributed by atoms with Crippen molar-refractivity contribution in [3.8, 4) is 0 Å². The first kappa shape index (κ1) is 14.0. The molecule has 100 valence electrons. The Balaban J connectivity index is 2.55. The third-order valence-corrected chi connectivity index (χ3v) is 3.07. The predicted molar refractivity (Wildman–Crippen MR) is 75.5 cm³/mol. The number of aromatic nitrogens is 2. The van der Waals surface area contributed by atoms with Crippen LogP contribution in [0.3, 0.4) is 0 Å². The van der Waals surface area contributed by atoms with Gasteiger partial charge in [0.25, 0.3) is 0 Å². The first-order valence-electron chi connectivity index (χ1n) is 5.45. The molecule has 0 spiro atoms. The van der Waals surface area contributed by atoms with Crippen LogP contribution in [0.25, 0.3) is 0 Å². The maximum Gasteiger partial charge on any atom is 0.161 e. The molecule has 0 saturated carbocycles. The minimum Gasteiger partial charge on any atom is -0.326 e. The number of rotatable bonds is 4. The first-order chi connectivity index (χ1) is 9.17. The van der Waals surface area contributed by atoms with Gasteiger partial charge in [0.1, 0.15) is 6.33 Å². The molecule has 0 aliphatic heterocycles. The summed E-state index contributed by atoms with van der Waals surface area (Å²) in [6.07, 6.45) is 3.04. The fourth-order valence-electron chi connectivity index (χ4n) is 1.69. The van der Waals surface area contributed by atoms with Crippen LogP contribution in [0.4, 0.5) is 11.5 Å². The molecule has 1 aromatic heterocycles. The SMILES string of the molecule is CON(c1ccncn1)c1cc(Cl)cc(Cl)c1CN. The van der Waals surface area contributed by atoms with E-state index in [2.05, 4.69) is 9.97 Å². The Bertz CT molecular complexity index is 565. The second-order valence-electron chi connectivity index (χ2n) is 3.63. The van der Waals surface area contributed by atoms with Crippen molar-refractivity contribution in [1.82, 2.24) is 9.97 Å². The number of hydrogen-bond donors (Lipinski definition) is 1. The highest BCUT2D eigenvalue weighted by Crippen LogP contribution is 2.34. The van der Waals surface area contributed by atoms with E-state index in [1.54, 1.807) is 24.4 Å². The quantitative estimate of drug-likeness (QED) is 0.879. The summed E-state index contributed by atoms with van der Waals surface area (Å²) in [6.45, 7) is 0.260. The van der Waals surface area contributed by atoms with Crippen LogP contribution >= 0.6 is 23.2 Å². The van der Waals surface area contributed by atoms with Crippen LogP contribution in [-0.4, -0.2) is 17.1 Å². The fraction of sp³-hybridized carbons (Fsp3) is 0.167. The highest BCUT2D eigenvalue weighted by atomic mass is 35.5. The maximum atomic E-state index is 6.14. The summed E-state index contributed by atoms with van der Waals surface area (Å²) in [6, 6.07) is 5.07. The molecule has 0 aliphatic carbocycles. The molecule has 2 aromatic rings. The second kappa shape index (κ2) is 6.16. The zero-order valence-electron chi connectivity index (χ0n) is 10.2.